The summed E-state index contributed by atoms with van der Waals surface area (Å²) in [5.74, 6) is 0.948. The molecule has 2 aromatic heterocycles. The Kier molecular flexibility index (Phi) is 7.27. The first-order chi connectivity index (χ1) is 13.4. The number of hydrogen-bond acceptors (Lipinski definition) is 4. The zero-order valence-corrected chi connectivity index (χ0v) is 20.9. The van der Waals surface area contributed by atoms with E-state index in [4.69, 9.17) is 4.74 Å². The van der Waals surface area contributed by atoms with E-state index in [0.717, 1.165) is 31.2 Å². The minimum absolute atomic E-state index is 0. The lowest BCUT2D eigenvalue weighted by Gasteiger charge is -2.34. The summed E-state index contributed by atoms with van der Waals surface area (Å²) in [4.78, 5) is 9.80. The van der Waals surface area contributed by atoms with Gasteiger partial charge in [-0.05, 0) is 36.3 Å². The van der Waals surface area contributed by atoms with Gasteiger partial charge in [0.15, 0.2) is 5.96 Å². The standard InChI is InChI=1S/C21H31N5OS.HI/c1-21(2)6-5-19-15(10-21)9-17(28-19)12-23-20(22-3)26-7-8-27-18(14-26)16-11-24-25(4)13-16;/h9,11,13,18H,5-8,10,12,14H2,1-4H3,(H,22,23);1H. The number of fused-ring (bicyclic) bond motifs is 1. The molecule has 0 amide bonds. The van der Waals surface area contributed by atoms with Gasteiger partial charge >= 0.3 is 0 Å². The highest BCUT2D eigenvalue weighted by Crippen LogP contribution is 2.38. The molecule has 1 aliphatic heterocycles. The lowest BCUT2D eigenvalue weighted by atomic mass is 9.77. The Morgan fingerprint density at radius 1 is 1.45 bits per heavy atom. The van der Waals surface area contributed by atoms with E-state index in [1.807, 2.05) is 42.5 Å². The first kappa shape index (κ1) is 22.6. The zero-order valence-electron chi connectivity index (χ0n) is 17.8. The summed E-state index contributed by atoms with van der Waals surface area (Å²) in [6.45, 7) is 7.93. The number of nitrogens with zero attached hydrogens (tertiary/aromatic N) is 4. The molecule has 0 radical (unpaired) electrons. The molecular formula is C21H32IN5OS. The van der Waals surface area contributed by atoms with E-state index in [1.165, 1.54) is 24.1 Å². The Labute approximate surface area is 194 Å². The van der Waals surface area contributed by atoms with Crippen molar-refractivity contribution in [2.75, 3.05) is 26.7 Å². The number of aryl methyl sites for hydroxylation is 2. The second-order valence-corrected chi connectivity index (χ2v) is 9.88. The number of aliphatic imine (C=N–C) groups is 1. The Morgan fingerprint density at radius 2 is 2.28 bits per heavy atom. The van der Waals surface area contributed by atoms with Crippen molar-refractivity contribution in [1.29, 1.82) is 0 Å². The monoisotopic (exact) mass is 529 g/mol. The fourth-order valence-electron chi connectivity index (χ4n) is 4.18. The van der Waals surface area contributed by atoms with Crippen LogP contribution >= 0.6 is 35.3 Å². The summed E-state index contributed by atoms with van der Waals surface area (Å²) >= 11 is 1.96. The van der Waals surface area contributed by atoms with Crippen molar-refractivity contribution in [2.24, 2.45) is 17.5 Å². The first-order valence-electron chi connectivity index (χ1n) is 10.1. The molecule has 29 heavy (non-hydrogen) atoms. The Bertz CT molecular complexity index is 859. The Balaban J connectivity index is 0.00000240. The van der Waals surface area contributed by atoms with Crippen molar-refractivity contribution >= 4 is 41.3 Å². The van der Waals surface area contributed by atoms with Crippen LogP contribution < -0.4 is 5.32 Å². The molecule has 160 valence electrons. The first-order valence-corrected chi connectivity index (χ1v) is 10.9. The number of morpholine rings is 1. The highest BCUT2D eigenvalue weighted by Gasteiger charge is 2.28. The molecule has 6 nitrogen and oxygen atoms in total. The summed E-state index contributed by atoms with van der Waals surface area (Å²) in [7, 11) is 3.80. The molecule has 4 rings (SSSR count). The SMILES string of the molecule is CN=C(NCc1cc2c(s1)CCC(C)(C)C2)N1CCOC(c2cnn(C)c2)C1.I. The average molecular weight is 529 g/mol. The molecular weight excluding hydrogens is 497 g/mol. The quantitative estimate of drug-likeness (QED) is 0.374. The third kappa shape index (κ3) is 5.32. The maximum atomic E-state index is 5.96. The Hall–Kier alpha value is -1.13. The van der Waals surface area contributed by atoms with E-state index < -0.39 is 0 Å². The van der Waals surface area contributed by atoms with Crippen LogP contribution in [0.25, 0.3) is 0 Å². The number of hydrogen-bond donors (Lipinski definition) is 1. The van der Waals surface area contributed by atoms with Gasteiger partial charge in [0.25, 0.3) is 0 Å². The smallest absolute Gasteiger partial charge is 0.194 e. The molecule has 3 heterocycles. The molecule has 2 aromatic rings. The van der Waals surface area contributed by atoms with Crippen LogP contribution in [0.4, 0.5) is 0 Å². The Morgan fingerprint density at radius 3 is 3.00 bits per heavy atom. The van der Waals surface area contributed by atoms with Gasteiger partial charge in [-0.3, -0.25) is 9.67 Å². The van der Waals surface area contributed by atoms with E-state index in [2.05, 4.69) is 40.2 Å². The zero-order chi connectivity index (χ0) is 19.7. The molecule has 0 aromatic carbocycles. The number of rotatable bonds is 3. The normalized spacial score (nSPS) is 21.4. The highest BCUT2D eigenvalue weighted by atomic mass is 127. The van der Waals surface area contributed by atoms with Crippen molar-refractivity contribution in [3.05, 3.63) is 39.3 Å². The third-order valence-electron chi connectivity index (χ3n) is 5.74. The van der Waals surface area contributed by atoms with Gasteiger partial charge in [-0.1, -0.05) is 13.8 Å². The average Bonchev–Trinajstić information content (AvgIpc) is 3.27. The van der Waals surface area contributed by atoms with Gasteiger partial charge in [0.2, 0.25) is 0 Å². The van der Waals surface area contributed by atoms with Crippen LogP contribution in [-0.4, -0.2) is 47.4 Å². The molecule has 8 heteroatoms. The van der Waals surface area contributed by atoms with Crippen LogP contribution in [0.15, 0.2) is 23.5 Å². The van der Waals surface area contributed by atoms with Gasteiger partial charge < -0.3 is 15.0 Å². The third-order valence-corrected chi connectivity index (χ3v) is 6.98. The van der Waals surface area contributed by atoms with Crippen LogP contribution in [0.1, 0.15) is 47.3 Å². The molecule has 0 spiro atoms. The maximum Gasteiger partial charge on any atom is 0.194 e. The number of halogens is 1. The van der Waals surface area contributed by atoms with Crippen LogP contribution in [-0.2, 0) is 31.2 Å². The van der Waals surface area contributed by atoms with Crippen molar-refractivity contribution < 1.29 is 4.74 Å². The van der Waals surface area contributed by atoms with E-state index in [9.17, 15) is 0 Å². The number of guanidine groups is 1. The van der Waals surface area contributed by atoms with Gasteiger partial charge in [-0.2, -0.15) is 5.10 Å². The predicted octanol–water partition coefficient (Wildman–Crippen LogP) is 3.76. The highest BCUT2D eigenvalue weighted by molar-refractivity contribution is 14.0. The summed E-state index contributed by atoms with van der Waals surface area (Å²) in [5, 5.41) is 7.85. The second kappa shape index (κ2) is 9.34. The minimum atomic E-state index is 0. The van der Waals surface area contributed by atoms with Crippen molar-refractivity contribution in [3.63, 3.8) is 0 Å². The predicted molar refractivity (Wildman–Crippen MR) is 129 cm³/mol. The fraction of sp³-hybridized carbons (Fsp3) is 0.619. The van der Waals surface area contributed by atoms with Gasteiger partial charge in [0.1, 0.15) is 6.10 Å². The maximum absolute atomic E-state index is 5.96. The number of aromatic nitrogens is 2. The van der Waals surface area contributed by atoms with E-state index in [1.54, 1.807) is 10.4 Å². The number of thiophene rings is 1. The van der Waals surface area contributed by atoms with E-state index >= 15 is 0 Å². The van der Waals surface area contributed by atoms with Crippen molar-refractivity contribution in [1.82, 2.24) is 20.0 Å². The van der Waals surface area contributed by atoms with E-state index in [0.29, 0.717) is 12.0 Å². The lowest BCUT2D eigenvalue weighted by molar-refractivity contribution is -0.00804. The van der Waals surface area contributed by atoms with Crippen LogP contribution in [0.5, 0.6) is 0 Å². The lowest BCUT2D eigenvalue weighted by Crippen LogP contribution is -2.47. The summed E-state index contributed by atoms with van der Waals surface area (Å²) in [5.41, 5.74) is 3.11. The van der Waals surface area contributed by atoms with Gasteiger partial charge in [-0.15, -0.1) is 35.3 Å². The van der Waals surface area contributed by atoms with Crippen molar-refractivity contribution in [2.45, 2.75) is 45.8 Å². The van der Waals surface area contributed by atoms with Crippen molar-refractivity contribution in [3.8, 4) is 0 Å². The molecule has 1 aliphatic carbocycles. The van der Waals surface area contributed by atoms with Crippen LogP contribution in [0.2, 0.25) is 0 Å². The second-order valence-electron chi connectivity index (χ2n) is 8.66. The molecule has 1 N–H and O–H groups in total. The van der Waals surface area contributed by atoms with E-state index in [-0.39, 0.29) is 30.1 Å². The molecule has 1 unspecified atom stereocenters. The summed E-state index contributed by atoms with van der Waals surface area (Å²) in [6.07, 6.45) is 7.67. The molecule has 2 aliphatic rings. The molecule has 0 saturated carbocycles. The molecule has 1 saturated heterocycles. The summed E-state index contributed by atoms with van der Waals surface area (Å²) in [6, 6.07) is 2.40. The van der Waals surface area contributed by atoms with Gasteiger partial charge in [0.05, 0.1) is 25.9 Å². The largest absolute Gasteiger partial charge is 0.370 e. The van der Waals surface area contributed by atoms with Gasteiger partial charge in [0, 0.05) is 42.2 Å². The topological polar surface area (TPSA) is 54.7 Å². The molecule has 0 bridgehead atoms. The number of nitrogens with one attached hydrogen (secondary N) is 1. The number of ether oxygens (including phenoxy) is 1. The van der Waals surface area contributed by atoms with Gasteiger partial charge in [-0.25, -0.2) is 0 Å². The summed E-state index contributed by atoms with van der Waals surface area (Å²) < 4.78 is 7.79. The molecule has 1 fully saturated rings. The van der Waals surface area contributed by atoms with Crippen LogP contribution in [0, 0.1) is 5.41 Å². The van der Waals surface area contributed by atoms with Crippen LogP contribution in [0.3, 0.4) is 0 Å². The molecule has 1 atom stereocenters. The fourth-order valence-corrected chi connectivity index (χ4v) is 5.31. The minimum Gasteiger partial charge on any atom is -0.370 e.